The molecule has 0 spiro atoms. The van der Waals surface area contributed by atoms with Crippen LogP contribution < -0.4 is 0 Å². The summed E-state index contributed by atoms with van der Waals surface area (Å²) in [5.74, 6) is 0.0223. The Morgan fingerprint density at radius 3 is 2.74 bits per heavy atom. The molecule has 0 radical (unpaired) electrons. The van der Waals surface area contributed by atoms with Gasteiger partial charge >= 0.3 is 0 Å². The van der Waals surface area contributed by atoms with Gasteiger partial charge in [-0.05, 0) is 43.5 Å². The molecule has 1 aromatic heterocycles. The molecule has 1 saturated heterocycles. The van der Waals surface area contributed by atoms with Crippen LogP contribution in [-0.4, -0.2) is 50.9 Å². The molecule has 1 fully saturated rings. The van der Waals surface area contributed by atoms with E-state index in [4.69, 9.17) is 10.1 Å². The quantitative estimate of drug-likeness (QED) is 0.506. The van der Waals surface area contributed by atoms with E-state index in [-0.39, 0.29) is 17.9 Å². The van der Waals surface area contributed by atoms with Gasteiger partial charge in [0, 0.05) is 12.1 Å². The van der Waals surface area contributed by atoms with Crippen LogP contribution >= 0.6 is 0 Å². The van der Waals surface area contributed by atoms with E-state index in [1.807, 2.05) is 49.4 Å². The molecule has 2 aromatic carbocycles. The lowest BCUT2D eigenvalue weighted by Crippen LogP contribution is -2.44. The van der Waals surface area contributed by atoms with E-state index in [2.05, 4.69) is 16.8 Å². The Labute approximate surface area is 181 Å². The highest BCUT2D eigenvalue weighted by Crippen LogP contribution is 2.22. The Hall–Kier alpha value is -3.74. The maximum Gasteiger partial charge on any atom is 0.256 e. The number of rotatable bonds is 5. The summed E-state index contributed by atoms with van der Waals surface area (Å²) in [7, 11) is 0. The number of piperidine rings is 1. The zero-order chi connectivity index (χ0) is 21.8. The first kappa shape index (κ1) is 20.5. The van der Waals surface area contributed by atoms with Crippen molar-refractivity contribution in [3.8, 4) is 5.69 Å². The molecule has 3 aromatic rings. The van der Waals surface area contributed by atoms with E-state index in [0.717, 1.165) is 24.0 Å². The molecule has 0 saturated carbocycles. The fourth-order valence-corrected chi connectivity index (χ4v) is 3.84. The van der Waals surface area contributed by atoms with Crippen LogP contribution in [0.5, 0.6) is 0 Å². The minimum atomic E-state index is -0.237. The fraction of sp³-hybridized carbons (Fsp3) is 0.250. The number of carbonyl (C=O) groups excluding carboxylic acids is 1. The number of nitrogens with zero attached hydrogens (tertiary/aromatic N) is 4. The van der Waals surface area contributed by atoms with Crippen molar-refractivity contribution in [2.75, 3.05) is 13.1 Å². The second-order valence-corrected chi connectivity index (χ2v) is 7.59. The van der Waals surface area contributed by atoms with E-state index in [0.29, 0.717) is 29.9 Å². The molecule has 0 aliphatic carbocycles. The third kappa shape index (κ3) is 4.40. The molecule has 158 valence electrons. The summed E-state index contributed by atoms with van der Waals surface area (Å²) in [6, 6.07) is 13.2. The number of aryl methyl sites for hydroxylation is 1. The van der Waals surface area contributed by atoms with E-state index < -0.39 is 0 Å². The number of likely N-dealkylation sites (tertiary alicyclic amines) is 1. The topological polar surface area (TPSA) is 84.1 Å². The molecule has 7 nitrogen and oxygen atoms in total. The predicted octanol–water partition coefficient (Wildman–Crippen LogP) is 3.87. The summed E-state index contributed by atoms with van der Waals surface area (Å²) in [6.45, 7) is 6.84. The van der Waals surface area contributed by atoms with Gasteiger partial charge in [0.1, 0.15) is 6.10 Å². The fourth-order valence-electron chi connectivity index (χ4n) is 3.84. The highest BCUT2D eigenvalue weighted by atomic mass is 16.5. The van der Waals surface area contributed by atoms with E-state index >= 15 is 0 Å². The van der Waals surface area contributed by atoms with Crippen LogP contribution in [0.3, 0.4) is 0 Å². The first-order valence-corrected chi connectivity index (χ1v) is 10.3. The predicted molar refractivity (Wildman–Crippen MR) is 119 cm³/mol. The van der Waals surface area contributed by atoms with Crippen LogP contribution in [0.1, 0.15) is 39.9 Å². The SMILES string of the molecule is C=Cc1ccccc1C(=N)OC1CCCN(C(=O)c2cc(C)ccc2-n2nccn2)C1. The molecular weight excluding hydrogens is 390 g/mol. The second-order valence-electron chi connectivity index (χ2n) is 7.59. The Bertz CT molecular complexity index is 1110. The van der Waals surface area contributed by atoms with Gasteiger partial charge in [0.2, 0.25) is 5.90 Å². The van der Waals surface area contributed by atoms with Gasteiger partial charge < -0.3 is 9.64 Å². The van der Waals surface area contributed by atoms with Crippen molar-refractivity contribution in [3.05, 3.63) is 83.7 Å². The molecule has 1 aliphatic heterocycles. The largest absolute Gasteiger partial charge is 0.472 e. The summed E-state index contributed by atoms with van der Waals surface area (Å²) in [4.78, 5) is 16.7. The number of carbonyl (C=O) groups is 1. The summed E-state index contributed by atoms with van der Waals surface area (Å²) >= 11 is 0. The number of benzene rings is 2. The van der Waals surface area contributed by atoms with Gasteiger partial charge in [-0.15, -0.1) is 0 Å². The lowest BCUT2D eigenvalue weighted by Gasteiger charge is -2.33. The summed E-state index contributed by atoms with van der Waals surface area (Å²) in [6.07, 6.45) is 6.26. The number of hydrogen-bond acceptors (Lipinski definition) is 5. The molecule has 1 unspecified atom stereocenters. The van der Waals surface area contributed by atoms with Gasteiger partial charge in [-0.25, -0.2) is 0 Å². The van der Waals surface area contributed by atoms with Crippen LogP contribution in [-0.2, 0) is 4.74 Å². The zero-order valence-electron chi connectivity index (χ0n) is 17.5. The molecule has 31 heavy (non-hydrogen) atoms. The summed E-state index contributed by atoms with van der Waals surface area (Å²) in [5, 5.41) is 16.8. The number of amides is 1. The van der Waals surface area contributed by atoms with Crippen LogP contribution in [0.4, 0.5) is 0 Å². The average Bonchev–Trinajstić information content (AvgIpc) is 3.33. The molecular formula is C24H25N5O2. The molecule has 1 aliphatic rings. The van der Waals surface area contributed by atoms with Gasteiger partial charge in [-0.2, -0.15) is 15.0 Å². The third-order valence-electron chi connectivity index (χ3n) is 5.39. The van der Waals surface area contributed by atoms with Crippen LogP contribution in [0.15, 0.2) is 61.4 Å². The standard InChI is InChI=1S/C24H25N5O2/c1-3-18-7-4-5-9-20(18)23(25)31-19-8-6-14-28(16-19)24(30)21-15-17(2)10-11-22(21)29-26-12-13-27-29/h3-5,7,9-13,15,19,25H,1,6,8,14,16H2,2H3. The van der Waals surface area contributed by atoms with Gasteiger partial charge in [0.05, 0.1) is 30.2 Å². The molecule has 7 heteroatoms. The Morgan fingerprint density at radius 1 is 1.19 bits per heavy atom. The number of ether oxygens (including phenoxy) is 1. The first-order valence-electron chi connectivity index (χ1n) is 10.3. The van der Waals surface area contributed by atoms with Gasteiger partial charge in [0.25, 0.3) is 5.91 Å². The molecule has 1 amide bonds. The third-order valence-corrected chi connectivity index (χ3v) is 5.39. The van der Waals surface area contributed by atoms with Crippen molar-refractivity contribution in [2.24, 2.45) is 0 Å². The molecule has 0 bridgehead atoms. The number of aromatic nitrogens is 3. The molecule has 1 atom stereocenters. The monoisotopic (exact) mass is 415 g/mol. The smallest absolute Gasteiger partial charge is 0.256 e. The van der Waals surface area contributed by atoms with E-state index in [9.17, 15) is 4.79 Å². The summed E-state index contributed by atoms with van der Waals surface area (Å²) < 4.78 is 5.97. The Balaban J connectivity index is 1.52. The minimum absolute atomic E-state index is 0.0812. The first-order chi connectivity index (χ1) is 15.1. The van der Waals surface area contributed by atoms with Crippen LogP contribution in [0, 0.1) is 12.3 Å². The maximum absolute atomic E-state index is 13.4. The Kier molecular flexibility index (Phi) is 5.93. The highest BCUT2D eigenvalue weighted by Gasteiger charge is 2.28. The Morgan fingerprint density at radius 2 is 1.97 bits per heavy atom. The lowest BCUT2D eigenvalue weighted by atomic mass is 10.0. The van der Waals surface area contributed by atoms with Gasteiger partial charge in [-0.3, -0.25) is 10.2 Å². The molecule has 1 N–H and O–H groups in total. The van der Waals surface area contributed by atoms with Gasteiger partial charge in [0.15, 0.2) is 0 Å². The maximum atomic E-state index is 13.4. The minimum Gasteiger partial charge on any atom is -0.472 e. The van der Waals surface area contributed by atoms with E-state index in [1.165, 1.54) is 4.80 Å². The van der Waals surface area contributed by atoms with Crippen molar-refractivity contribution in [1.82, 2.24) is 19.9 Å². The van der Waals surface area contributed by atoms with Crippen LogP contribution in [0.25, 0.3) is 11.8 Å². The van der Waals surface area contributed by atoms with Crippen molar-refractivity contribution < 1.29 is 9.53 Å². The number of nitrogens with one attached hydrogen (secondary N) is 1. The summed E-state index contributed by atoms with van der Waals surface area (Å²) in [5.41, 5.74) is 3.76. The van der Waals surface area contributed by atoms with Gasteiger partial charge in [-0.1, -0.05) is 42.5 Å². The van der Waals surface area contributed by atoms with Crippen molar-refractivity contribution in [3.63, 3.8) is 0 Å². The average molecular weight is 415 g/mol. The second kappa shape index (κ2) is 8.95. The normalized spacial score (nSPS) is 16.0. The van der Waals surface area contributed by atoms with Crippen molar-refractivity contribution in [1.29, 1.82) is 5.41 Å². The van der Waals surface area contributed by atoms with Crippen LogP contribution in [0.2, 0.25) is 0 Å². The molecule has 2 heterocycles. The van der Waals surface area contributed by atoms with Crippen molar-refractivity contribution >= 4 is 17.9 Å². The molecule has 4 rings (SSSR count). The van der Waals surface area contributed by atoms with Crippen molar-refractivity contribution in [2.45, 2.75) is 25.9 Å². The van der Waals surface area contributed by atoms with E-state index in [1.54, 1.807) is 23.4 Å². The number of hydrogen-bond donors (Lipinski definition) is 1. The highest BCUT2D eigenvalue weighted by molar-refractivity contribution is 5.98. The lowest BCUT2D eigenvalue weighted by molar-refractivity contribution is 0.0509. The zero-order valence-corrected chi connectivity index (χ0v) is 17.5.